The van der Waals surface area contributed by atoms with Crippen molar-refractivity contribution in [2.75, 3.05) is 0 Å². The maximum atomic E-state index is 11.9. The highest BCUT2D eigenvalue weighted by Crippen LogP contribution is 2.23. The van der Waals surface area contributed by atoms with Gasteiger partial charge in [0.2, 0.25) is 0 Å². The van der Waals surface area contributed by atoms with Crippen LogP contribution in [0.3, 0.4) is 0 Å². The smallest absolute Gasteiger partial charge is 0.273 e. The summed E-state index contributed by atoms with van der Waals surface area (Å²) in [5.41, 5.74) is 0.367. The number of nitrogens with one attached hydrogen (secondary N) is 1. The number of alkyl halides is 1. The first-order valence-electron chi connectivity index (χ1n) is 6.05. The zero-order valence-corrected chi connectivity index (χ0v) is 11.5. The third-order valence-corrected chi connectivity index (χ3v) is 4.20. The second-order valence-electron chi connectivity index (χ2n) is 4.56. The van der Waals surface area contributed by atoms with Gasteiger partial charge < -0.3 is 9.84 Å². The van der Waals surface area contributed by atoms with Gasteiger partial charge in [0.1, 0.15) is 5.76 Å². The van der Waals surface area contributed by atoms with E-state index in [1.807, 2.05) is 0 Å². The van der Waals surface area contributed by atoms with Crippen LogP contribution in [-0.2, 0) is 0 Å². The first-order chi connectivity index (χ1) is 8.16. The van der Waals surface area contributed by atoms with E-state index in [9.17, 15) is 4.79 Å². The summed E-state index contributed by atoms with van der Waals surface area (Å²) in [5, 5.41) is 6.76. The number of halogens is 1. The lowest BCUT2D eigenvalue weighted by Crippen LogP contribution is -2.40. The Hall–Kier alpha value is -0.840. The number of nitrogens with zero attached hydrogens (tertiary/aromatic N) is 1. The minimum absolute atomic E-state index is 0.141. The molecular weight excluding hydrogens is 284 g/mol. The van der Waals surface area contributed by atoms with Crippen LogP contribution < -0.4 is 5.32 Å². The van der Waals surface area contributed by atoms with E-state index in [2.05, 4.69) is 26.4 Å². The standard InChI is InChI=1S/C12H17BrN2O2/c1-8-7-11(15-17-8)12(16)14-10-6-4-2-3-5-9(10)13/h7,9-10H,2-6H2,1H3,(H,14,16). The van der Waals surface area contributed by atoms with Crippen molar-refractivity contribution >= 4 is 21.8 Å². The Morgan fingerprint density at radius 3 is 2.94 bits per heavy atom. The molecule has 17 heavy (non-hydrogen) atoms. The first kappa shape index (κ1) is 12.6. The lowest BCUT2D eigenvalue weighted by Gasteiger charge is -2.20. The van der Waals surface area contributed by atoms with E-state index in [0.717, 1.165) is 12.8 Å². The zero-order chi connectivity index (χ0) is 12.3. The molecule has 1 aromatic rings. The van der Waals surface area contributed by atoms with Crippen LogP contribution in [0.15, 0.2) is 10.6 Å². The maximum absolute atomic E-state index is 11.9. The second kappa shape index (κ2) is 5.67. The third-order valence-electron chi connectivity index (χ3n) is 3.11. The van der Waals surface area contributed by atoms with Gasteiger partial charge in [-0.05, 0) is 19.8 Å². The molecule has 0 aliphatic heterocycles. The molecule has 2 rings (SSSR count). The van der Waals surface area contributed by atoms with Crippen LogP contribution in [0.5, 0.6) is 0 Å². The molecule has 1 fully saturated rings. The summed E-state index contributed by atoms with van der Waals surface area (Å²) in [6.45, 7) is 1.78. The zero-order valence-electron chi connectivity index (χ0n) is 9.91. The maximum Gasteiger partial charge on any atom is 0.273 e. The van der Waals surface area contributed by atoms with E-state index in [4.69, 9.17) is 4.52 Å². The van der Waals surface area contributed by atoms with E-state index in [1.165, 1.54) is 19.3 Å². The number of rotatable bonds is 2. The van der Waals surface area contributed by atoms with Crippen molar-refractivity contribution in [1.29, 1.82) is 0 Å². The second-order valence-corrected chi connectivity index (χ2v) is 5.73. The van der Waals surface area contributed by atoms with E-state index >= 15 is 0 Å². The number of carbonyl (C=O) groups is 1. The van der Waals surface area contributed by atoms with E-state index in [1.54, 1.807) is 13.0 Å². The summed E-state index contributed by atoms with van der Waals surface area (Å²) in [4.78, 5) is 12.3. The molecule has 5 heteroatoms. The molecule has 0 radical (unpaired) electrons. The van der Waals surface area contributed by atoms with Crippen LogP contribution in [0.4, 0.5) is 0 Å². The molecule has 0 aromatic carbocycles. The normalized spacial score (nSPS) is 25.3. The largest absolute Gasteiger partial charge is 0.361 e. The molecule has 4 nitrogen and oxygen atoms in total. The van der Waals surface area contributed by atoms with Crippen molar-refractivity contribution in [3.63, 3.8) is 0 Å². The highest BCUT2D eigenvalue weighted by molar-refractivity contribution is 9.09. The molecule has 1 amide bonds. The van der Waals surface area contributed by atoms with E-state index < -0.39 is 0 Å². The quantitative estimate of drug-likeness (QED) is 0.675. The lowest BCUT2D eigenvalue weighted by atomic mass is 10.1. The van der Waals surface area contributed by atoms with Crippen molar-refractivity contribution in [2.24, 2.45) is 0 Å². The highest BCUT2D eigenvalue weighted by Gasteiger charge is 2.24. The Morgan fingerprint density at radius 1 is 1.47 bits per heavy atom. The van der Waals surface area contributed by atoms with Crippen molar-refractivity contribution in [3.8, 4) is 0 Å². The van der Waals surface area contributed by atoms with Gasteiger partial charge in [0, 0.05) is 16.9 Å². The average molecular weight is 301 g/mol. The Morgan fingerprint density at radius 2 is 2.24 bits per heavy atom. The Balaban J connectivity index is 1.97. The lowest BCUT2D eigenvalue weighted by molar-refractivity contribution is 0.0925. The number of aryl methyl sites for hydroxylation is 1. The Bertz CT molecular complexity index is 392. The predicted molar refractivity (Wildman–Crippen MR) is 68.3 cm³/mol. The molecule has 1 heterocycles. The third kappa shape index (κ3) is 3.31. The minimum atomic E-state index is -0.141. The Kier molecular flexibility index (Phi) is 4.20. The molecule has 0 spiro atoms. The predicted octanol–water partition coefficient (Wildman–Crippen LogP) is 2.81. The van der Waals surface area contributed by atoms with Crippen LogP contribution in [0.1, 0.15) is 48.4 Å². The van der Waals surface area contributed by atoms with Crippen LogP contribution in [0, 0.1) is 6.92 Å². The summed E-state index contributed by atoms with van der Waals surface area (Å²) in [7, 11) is 0. The van der Waals surface area contributed by atoms with E-state index in [0.29, 0.717) is 16.3 Å². The van der Waals surface area contributed by atoms with Crippen LogP contribution >= 0.6 is 15.9 Å². The fraction of sp³-hybridized carbons (Fsp3) is 0.667. The van der Waals surface area contributed by atoms with Crippen molar-refractivity contribution < 1.29 is 9.32 Å². The van der Waals surface area contributed by atoms with Crippen LogP contribution in [0.2, 0.25) is 0 Å². The van der Waals surface area contributed by atoms with Crippen LogP contribution in [-0.4, -0.2) is 21.9 Å². The number of amides is 1. The number of hydrogen-bond acceptors (Lipinski definition) is 3. The van der Waals surface area contributed by atoms with Gasteiger partial charge in [-0.1, -0.05) is 40.3 Å². The number of hydrogen-bond donors (Lipinski definition) is 1. The molecule has 1 aliphatic carbocycles. The highest BCUT2D eigenvalue weighted by atomic mass is 79.9. The van der Waals surface area contributed by atoms with E-state index in [-0.39, 0.29) is 11.9 Å². The molecule has 94 valence electrons. The average Bonchev–Trinajstić information content (AvgIpc) is 2.63. The molecule has 2 atom stereocenters. The first-order valence-corrected chi connectivity index (χ1v) is 6.96. The van der Waals surface area contributed by atoms with Crippen LogP contribution in [0.25, 0.3) is 0 Å². The summed E-state index contributed by atoms with van der Waals surface area (Å²) in [6, 6.07) is 1.86. The molecule has 0 saturated heterocycles. The van der Waals surface area contributed by atoms with Gasteiger partial charge in [-0.3, -0.25) is 4.79 Å². The Labute approximate surface area is 109 Å². The summed E-state index contributed by atoms with van der Waals surface area (Å²) >= 11 is 3.65. The van der Waals surface area contributed by atoms with Crippen molar-refractivity contribution in [3.05, 3.63) is 17.5 Å². The van der Waals surface area contributed by atoms with Gasteiger partial charge in [0.15, 0.2) is 5.69 Å². The SMILES string of the molecule is Cc1cc(C(=O)NC2CCCCCC2Br)no1. The summed E-state index contributed by atoms with van der Waals surface area (Å²) in [6.07, 6.45) is 5.79. The van der Waals surface area contributed by atoms with Crippen molar-refractivity contribution in [2.45, 2.75) is 49.9 Å². The fourth-order valence-electron chi connectivity index (χ4n) is 2.14. The molecule has 1 saturated carbocycles. The van der Waals surface area contributed by atoms with Gasteiger partial charge in [0.05, 0.1) is 0 Å². The topological polar surface area (TPSA) is 55.1 Å². The summed E-state index contributed by atoms with van der Waals surface area (Å²) in [5.74, 6) is 0.518. The minimum Gasteiger partial charge on any atom is -0.361 e. The molecule has 1 aliphatic rings. The monoisotopic (exact) mass is 300 g/mol. The van der Waals surface area contributed by atoms with Gasteiger partial charge in [-0.2, -0.15) is 0 Å². The molecule has 2 unspecified atom stereocenters. The molecule has 1 aromatic heterocycles. The van der Waals surface area contributed by atoms with Gasteiger partial charge in [-0.15, -0.1) is 0 Å². The number of aromatic nitrogens is 1. The summed E-state index contributed by atoms with van der Waals surface area (Å²) < 4.78 is 4.90. The number of carbonyl (C=O) groups excluding carboxylic acids is 1. The van der Waals surface area contributed by atoms with Gasteiger partial charge in [-0.25, -0.2) is 0 Å². The van der Waals surface area contributed by atoms with Crippen molar-refractivity contribution in [1.82, 2.24) is 10.5 Å². The molecule has 0 bridgehead atoms. The fourth-order valence-corrected chi connectivity index (χ4v) is 2.86. The molecule has 1 N–H and O–H groups in total. The van der Waals surface area contributed by atoms with Gasteiger partial charge in [0.25, 0.3) is 5.91 Å². The van der Waals surface area contributed by atoms with Gasteiger partial charge >= 0.3 is 0 Å². The molecular formula is C12H17BrN2O2.